The Morgan fingerprint density at radius 2 is 1.17 bits per heavy atom. The van der Waals surface area contributed by atoms with Crippen LogP contribution in [-0.2, 0) is 10.1 Å². The molecule has 0 spiro atoms. The van der Waals surface area contributed by atoms with E-state index in [9.17, 15) is 9.79 Å². The predicted octanol–water partition coefficient (Wildman–Crippen LogP) is 5.35. The van der Waals surface area contributed by atoms with Crippen LogP contribution in [0.4, 0.5) is 0 Å². The van der Waals surface area contributed by atoms with E-state index < -0.39 is 22.8 Å². The van der Waals surface area contributed by atoms with E-state index in [1.807, 2.05) is 60.7 Å². The normalized spacial score (nSPS) is 11.7. The predicted molar refractivity (Wildman–Crippen MR) is 122 cm³/mol. The second kappa shape index (κ2) is 15.0. The average Bonchev–Trinajstić information content (AvgIpc) is 2.70. The topological polar surface area (TPSA) is 110 Å². The summed E-state index contributed by atoms with van der Waals surface area (Å²) in [7, 11) is -5.09. The third-order valence-corrected chi connectivity index (χ3v) is 5.25. The number of rotatable bonds is 11. The second-order valence-corrected chi connectivity index (χ2v) is 8.74. The fourth-order valence-corrected chi connectivity index (χ4v) is 4.02. The molecule has 5 N–H and O–H groups in total. The molecule has 0 saturated carbocycles. The van der Waals surface area contributed by atoms with Gasteiger partial charge in [0.25, 0.3) is 0 Å². The molecule has 30 heavy (non-hydrogen) atoms. The van der Waals surface area contributed by atoms with Crippen LogP contribution in [0, 0.1) is 5.92 Å². The fourth-order valence-electron chi connectivity index (χ4n) is 3.44. The largest absolute Gasteiger partial charge is 0.328 e. The summed E-state index contributed by atoms with van der Waals surface area (Å²) in [5.74, 6) is 0.749. The lowest BCUT2D eigenvalue weighted by Gasteiger charge is -2.35. The molecular formula is C22H34O6P2. The van der Waals surface area contributed by atoms with E-state index in [2.05, 4.69) is 13.8 Å². The number of hydrogen-bond acceptors (Lipinski definition) is 6. The van der Waals surface area contributed by atoms with Crippen LogP contribution < -0.4 is 0 Å². The van der Waals surface area contributed by atoms with Crippen molar-refractivity contribution in [2.24, 2.45) is 5.92 Å². The van der Waals surface area contributed by atoms with Gasteiger partial charge in [-0.2, -0.15) is 0 Å². The lowest BCUT2D eigenvalue weighted by molar-refractivity contribution is 0.0790. The van der Waals surface area contributed by atoms with Crippen LogP contribution in [0.5, 0.6) is 0 Å². The zero-order valence-electron chi connectivity index (χ0n) is 17.6. The van der Waals surface area contributed by atoms with Gasteiger partial charge in [-0.25, -0.2) is 0 Å². The van der Waals surface area contributed by atoms with Crippen LogP contribution in [0.25, 0.3) is 0 Å². The van der Waals surface area contributed by atoms with Crippen molar-refractivity contribution in [1.82, 2.24) is 0 Å². The first-order chi connectivity index (χ1) is 14.3. The highest BCUT2D eigenvalue weighted by atomic mass is 31.2. The highest BCUT2D eigenvalue weighted by Crippen LogP contribution is 2.46. The molecule has 0 atom stereocenters. The molecule has 0 aromatic heterocycles. The Labute approximate surface area is 182 Å². The molecule has 0 heterocycles. The zero-order chi connectivity index (χ0) is 22.4. The van der Waals surface area contributed by atoms with Gasteiger partial charge >= 0.3 is 17.2 Å². The van der Waals surface area contributed by atoms with Gasteiger partial charge < -0.3 is 24.5 Å². The van der Waals surface area contributed by atoms with Crippen LogP contribution in [0.15, 0.2) is 60.7 Å². The molecule has 2 aromatic carbocycles. The van der Waals surface area contributed by atoms with Crippen molar-refractivity contribution in [2.75, 3.05) is 0 Å². The summed E-state index contributed by atoms with van der Waals surface area (Å²) >= 11 is 0. The molecule has 0 fully saturated rings. The van der Waals surface area contributed by atoms with Crippen molar-refractivity contribution in [3.63, 3.8) is 0 Å². The lowest BCUT2D eigenvalue weighted by Crippen LogP contribution is -2.29. The van der Waals surface area contributed by atoms with Gasteiger partial charge in [-0.15, -0.1) is 0 Å². The first kappa shape index (κ1) is 27.1. The average molecular weight is 456 g/mol. The van der Waals surface area contributed by atoms with Gasteiger partial charge in [-0.05, 0) is 29.9 Å². The van der Waals surface area contributed by atoms with Gasteiger partial charge in [-0.1, -0.05) is 100 Å². The summed E-state index contributed by atoms with van der Waals surface area (Å²) in [5.41, 5.74) is 1.10. The van der Waals surface area contributed by atoms with Gasteiger partial charge in [0.1, 0.15) is 5.60 Å². The first-order valence-electron chi connectivity index (χ1n) is 10.1. The van der Waals surface area contributed by atoms with Crippen molar-refractivity contribution in [3.05, 3.63) is 71.8 Å². The van der Waals surface area contributed by atoms with Gasteiger partial charge in [0, 0.05) is 0 Å². The highest BCUT2D eigenvalue weighted by molar-refractivity contribution is 7.39. The maximum atomic E-state index is 9.71. The molecule has 2 rings (SSSR count). The van der Waals surface area contributed by atoms with Gasteiger partial charge in [0.15, 0.2) is 0 Å². The minimum absolute atomic E-state index is 0.725. The summed E-state index contributed by atoms with van der Waals surface area (Å²) in [5, 5.41) is 0. The van der Waals surface area contributed by atoms with E-state index in [0.717, 1.165) is 36.3 Å². The van der Waals surface area contributed by atoms with Crippen molar-refractivity contribution >= 4 is 17.2 Å². The summed E-state index contributed by atoms with van der Waals surface area (Å²) < 4.78 is 5.83. The summed E-state index contributed by atoms with van der Waals surface area (Å²) in [6.45, 7) is 4.52. The van der Waals surface area contributed by atoms with E-state index in [-0.39, 0.29) is 0 Å². The van der Waals surface area contributed by atoms with E-state index in [0.29, 0.717) is 0 Å². The van der Waals surface area contributed by atoms with Crippen LogP contribution in [0.1, 0.15) is 63.5 Å². The van der Waals surface area contributed by atoms with Crippen molar-refractivity contribution in [1.29, 1.82) is 0 Å². The third kappa shape index (κ3) is 10.4. The molecule has 8 heteroatoms. The molecule has 0 aliphatic carbocycles. The molecule has 0 bridgehead atoms. The lowest BCUT2D eigenvalue weighted by atomic mass is 9.82. The van der Waals surface area contributed by atoms with Crippen molar-refractivity contribution in [2.45, 2.75) is 58.0 Å². The van der Waals surface area contributed by atoms with Crippen LogP contribution in [0.3, 0.4) is 0 Å². The van der Waals surface area contributed by atoms with E-state index >= 15 is 0 Å². The Balaban J connectivity index is 0.00000103. The maximum absolute atomic E-state index is 9.71. The fraction of sp³-hybridized carbons (Fsp3) is 0.455. The monoisotopic (exact) mass is 456 g/mol. The van der Waals surface area contributed by atoms with Crippen LogP contribution in [-0.4, -0.2) is 24.5 Å². The number of hydrogen-bond donors (Lipinski definition) is 5. The van der Waals surface area contributed by atoms with Crippen LogP contribution >= 0.6 is 17.2 Å². The van der Waals surface area contributed by atoms with Gasteiger partial charge in [-0.3, -0.25) is 4.52 Å². The van der Waals surface area contributed by atoms with Crippen molar-refractivity contribution < 1.29 is 29.0 Å². The molecule has 0 amide bonds. The Bertz CT molecular complexity index is 626. The quantitative estimate of drug-likeness (QED) is 0.230. The van der Waals surface area contributed by atoms with Crippen molar-refractivity contribution in [3.8, 4) is 0 Å². The molecule has 0 radical (unpaired) electrons. The number of unbranched alkanes of at least 4 members (excludes halogenated alkanes) is 3. The molecule has 2 aromatic rings. The van der Waals surface area contributed by atoms with E-state index in [1.165, 1.54) is 19.3 Å². The Hall–Kier alpha value is -0.940. The second-order valence-electron chi connectivity index (χ2n) is 7.52. The smallest absolute Gasteiger partial charge is 0.328 e. The Morgan fingerprint density at radius 1 is 0.733 bits per heavy atom. The molecule has 168 valence electrons. The SMILES string of the molecule is CC(C)CCCCCCC(OP(O)O)(c1ccccc1)c1ccccc1.OP(O)O. The van der Waals surface area contributed by atoms with E-state index in [4.69, 9.17) is 19.2 Å². The zero-order valence-corrected chi connectivity index (χ0v) is 19.4. The van der Waals surface area contributed by atoms with Gasteiger partial charge in [0.2, 0.25) is 0 Å². The maximum Gasteiger partial charge on any atom is 0.328 e. The third-order valence-electron chi connectivity index (χ3n) is 4.78. The molecule has 6 nitrogen and oxygen atoms in total. The Morgan fingerprint density at radius 3 is 1.57 bits per heavy atom. The molecule has 0 aliphatic rings. The molecule has 0 unspecified atom stereocenters. The standard InChI is InChI=1S/C22H31O3P.H3O3P/c1-19(2)13-7-3-4-12-18-22(25-26(23)24,20-14-8-5-9-15-20)21-16-10-6-11-17-21;1-4(2)3/h5-6,8-11,14-17,19,23-24H,3-4,7,12-13,18H2,1-2H3;1-3H. The molecule has 0 saturated heterocycles. The Kier molecular flexibility index (Phi) is 13.5. The minimum atomic E-state index is -2.62. The first-order valence-corrected chi connectivity index (χ1v) is 12.5. The van der Waals surface area contributed by atoms with Gasteiger partial charge in [0.05, 0.1) is 0 Å². The van der Waals surface area contributed by atoms with E-state index in [1.54, 1.807) is 0 Å². The summed E-state index contributed by atoms with van der Waals surface area (Å²) in [4.78, 5) is 41.1. The number of benzene rings is 2. The molecule has 0 aliphatic heterocycles. The minimum Gasteiger partial charge on any atom is -0.328 e. The highest BCUT2D eigenvalue weighted by Gasteiger charge is 2.37. The van der Waals surface area contributed by atoms with Crippen LogP contribution in [0.2, 0.25) is 0 Å². The molecular weight excluding hydrogens is 422 g/mol. The summed E-state index contributed by atoms with van der Waals surface area (Å²) in [6.07, 6.45) is 6.53. The summed E-state index contributed by atoms with van der Waals surface area (Å²) in [6, 6.07) is 19.8.